The molecule has 4 nitrogen and oxygen atoms in total. The molecule has 0 bridgehead atoms. The van der Waals surface area contributed by atoms with Crippen LogP contribution in [0.3, 0.4) is 0 Å². The Morgan fingerprint density at radius 3 is 2.42 bits per heavy atom. The Labute approximate surface area is 71.8 Å². The third kappa shape index (κ3) is 2.40. The highest BCUT2D eigenvalue weighted by molar-refractivity contribution is 7.89. The van der Waals surface area contributed by atoms with Crippen LogP contribution in [0.4, 0.5) is 4.39 Å². The molecule has 0 aromatic heterocycles. The lowest BCUT2D eigenvalue weighted by molar-refractivity contribution is 0.353. The van der Waals surface area contributed by atoms with Crippen molar-refractivity contribution in [3.05, 3.63) is 0 Å². The zero-order valence-corrected chi connectivity index (χ0v) is 7.56. The van der Waals surface area contributed by atoms with Gasteiger partial charge in [-0.25, -0.2) is 18.1 Å². The Balaban J connectivity index is 2.54. The predicted octanol–water partition coefficient (Wildman–Crippen LogP) is -0.794. The lowest BCUT2D eigenvalue weighted by atomic mass is 10.4. The summed E-state index contributed by atoms with van der Waals surface area (Å²) in [4.78, 5) is 0. The van der Waals surface area contributed by atoms with Crippen LogP contribution in [0.5, 0.6) is 0 Å². The van der Waals surface area contributed by atoms with E-state index < -0.39 is 22.5 Å². The minimum Gasteiger partial charge on any atom is -0.250 e. The van der Waals surface area contributed by atoms with Gasteiger partial charge in [-0.05, 0) is 0 Å². The first-order chi connectivity index (χ1) is 5.67. The van der Waals surface area contributed by atoms with E-state index in [4.69, 9.17) is 0 Å². The summed E-state index contributed by atoms with van der Waals surface area (Å²) in [5.74, 6) is -0.396. The Kier molecular flexibility index (Phi) is 3.42. The molecule has 1 aliphatic rings. The van der Waals surface area contributed by atoms with Gasteiger partial charge in [0.15, 0.2) is 0 Å². The van der Waals surface area contributed by atoms with Gasteiger partial charge in [0.25, 0.3) is 0 Å². The van der Waals surface area contributed by atoms with Crippen molar-refractivity contribution in [2.45, 2.75) is 0 Å². The fourth-order valence-corrected chi connectivity index (χ4v) is 2.27. The summed E-state index contributed by atoms with van der Waals surface area (Å²) in [5.41, 5.74) is 0. The Morgan fingerprint density at radius 2 is 1.92 bits per heavy atom. The molecule has 6 heteroatoms. The van der Waals surface area contributed by atoms with Crippen LogP contribution in [0.15, 0.2) is 0 Å². The van der Waals surface area contributed by atoms with Gasteiger partial charge in [0, 0.05) is 26.2 Å². The van der Waals surface area contributed by atoms with Gasteiger partial charge in [-0.3, -0.25) is 0 Å². The number of sulfonamides is 1. The zero-order chi connectivity index (χ0) is 9.03. The first-order valence-electron chi connectivity index (χ1n) is 3.84. The molecule has 0 saturated carbocycles. The van der Waals surface area contributed by atoms with Crippen molar-refractivity contribution in [3.63, 3.8) is 0 Å². The SMILES string of the molecule is O=S(=O)(CCF)N1CC[N]CC1. The van der Waals surface area contributed by atoms with Crippen LogP contribution >= 0.6 is 0 Å². The van der Waals surface area contributed by atoms with Gasteiger partial charge < -0.3 is 0 Å². The fraction of sp³-hybridized carbons (Fsp3) is 1.00. The van der Waals surface area contributed by atoms with Gasteiger partial charge in [-0.1, -0.05) is 0 Å². The quantitative estimate of drug-likeness (QED) is 0.592. The number of nitrogens with zero attached hydrogens (tertiary/aromatic N) is 2. The zero-order valence-electron chi connectivity index (χ0n) is 6.74. The molecule has 71 valence electrons. The van der Waals surface area contributed by atoms with Crippen LogP contribution < -0.4 is 5.32 Å². The van der Waals surface area contributed by atoms with E-state index in [9.17, 15) is 12.8 Å². The number of hydrogen-bond acceptors (Lipinski definition) is 2. The summed E-state index contributed by atoms with van der Waals surface area (Å²) in [5, 5.41) is 4.00. The molecule has 1 aliphatic heterocycles. The minimum absolute atomic E-state index is 0.396. The van der Waals surface area contributed by atoms with Gasteiger partial charge in [0.1, 0.15) is 6.67 Å². The summed E-state index contributed by atoms with van der Waals surface area (Å²) in [6.07, 6.45) is 0. The number of piperazine rings is 1. The maximum absolute atomic E-state index is 11.8. The molecule has 0 aromatic rings. The maximum Gasteiger partial charge on any atom is 0.216 e. The molecule has 0 N–H and O–H groups in total. The van der Waals surface area contributed by atoms with Gasteiger partial charge in [-0.15, -0.1) is 0 Å². The van der Waals surface area contributed by atoms with Gasteiger partial charge in [-0.2, -0.15) is 4.31 Å². The van der Waals surface area contributed by atoms with Gasteiger partial charge in [0.05, 0.1) is 5.75 Å². The number of hydrogen-bond donors (Lipinski definition) is 0. The predicted molar refractivity (Wildman–Crippen MR) is 43.2 cm³/mol. The van der Waals surface area contributed by atoms with Crippen molar-refractivity contribution in [2.75, 3.05) is 38.6 Å². The highest BCUT2D eigenvalue weighted by Crippen LogP contribution is 2.03. The molecular weight excluding hydrogens is 183 g/mol. The van der Waals surface area contributed by atoms with E-state index in [-0.39, 0.29) is 0 Å². The van der Waals surface area contributed by atoms with Crippen LogP contribution in [-0.4, -0.2) is 51.3 Å². The molecule has 1 rings (SSSR count). The van der Waals surface area contributed by atoms with E-state index in [0.29, 0.717) is 26.2 Å². The summed E-state index contributed by atoms with van der Waals surface area (Å²) < 4.78 is 35.6. The molecule has 0 spiro atoms. The van der Waals surface area contributed by atoms with E-state index in [2.05, 4.69) is 5.32 Å². The summed E-state index contributed by atoms with van der Waals surface area (Å²) in [6.45, 7) is 1.07. The number of rotatable bonds is 3. The molecule has 0 amide bonds. The van der Waals surface area contributed by atoms with Crippen molar-refractivity contribution in [3.8, 4) is 0 Å². The molecule has 0 aliphatic carbocycles. The van der Waals surface area contributed by atoms with Crippen molar-refractivity contribution in [1.82, 2.24) is 9.62 Å². The molecular formula is C6H12FN2O2S. The second-order valence-electron chi connectivity index (χ2n) is 2.57. The van der Waals surface area contributed by atoms with Crippen molar-refractivity contribution < 1.29 is 12.8 Å². The Morgan fingerprint density at radius 1 is 1.33 bits per heavy atom. The summed E-state index contributed by atoms with van der Waals surface area (Å²) in [7, 11) is -3.34. The van der Waals surface area contributed by atoms with Crippen molar-refractivity contribution >= 4 is 10.0 Å². The summed E-state index contributed by atoms with van der Waals surface area (Å²) in [6, 6.07) is 0. The highest BCUT2D eigenvalue weighted by atomic mass is 32.2. The summed E-state index contributed by atoms with van der Waals surface area (Å²) >= 11 is 0. The Bertz CT molecular complexity index is 224. The lowest BCUT2D eigenvalue weighted by Gasteiger charge is -2.25. The van der Waals surface area contributed by atoms with Gasteiger partial charge in [0.2, 0.25) is 10.0 Å². The van der Waals surface area contributed by atoms with Crippen molar-refractivity contribution in [1.29, 1.82) is 0 Å². The first-order valence-corrected chi connectivity index (χ1v) is 5.45. The first kappa shape index (κ1) is 9.88. The molecule has 0 aromatic carbocycles. The van der Waals surface area contributed by atoms with Crippen LogP contribution in [0, 0.1) is 0 Å². The van der Waals surface area contributed by atoms with Crippen LogP contribution in [-0.2, 0) is 10.0 Å². The Hall–Kier alpha value is -0.200. The lowest BCUT2D eigenvalue weighted by Crippen LogP contribution is -2.44. The maximum atomic E-state index is 11.8. The molecule has 0 atom stereocenters. The molecule has 1 fully saturated rings. The molecule has 1 heterocycles. The normalized spacial score (nSPS) is 21.1. The topological polar surface area (TPSA) is 51.5 Å². The van der Waals surface area contributed by atoms with E-state index >= 15 is 0 Å². The van der Waals surface area contributed by atoms with Crippen LogP contribution in [0.2, 0.25) is 0 Å². The van der Waals surface area contributed by atoms with Crippen molar-refractivity contribution in [2.24, 2.45) is 0 Å². The second kappa shape index (κ2) is 4.15. The highest BCUT2D eigenvalue weighted by Gasteiger charge is 2.23. The fourth-order valence-electron chi connectivity index (χ4n) is 1.09. The largest absolute Gasteiger partial charge is 0.250 e. The molecule has 1 saturated heterocycles. The van der Waals surface area contributed by atoms with E-state index in [0.717, 1.165) is 0 Å². The van der Waals surface area contributed by atoms with E-state index in [1.54, 1.807) is 0 Å². The number of alkyl halides is 1. The van der Waals surface area contributed by atoms with E-state index in [1.807, 2.05) is 0 Å². The average Bonchev–Trinajstić information content (AvgIpc) is 2.06. The third-order valence-electron chi connectivity index (χ3n) is 1.74. The molecule has 0 unspecified atom stereocenters. The molecule has 12 heavy (non-hydrogen) atoms. The van der Waals surface area contributed by atoms with Gasteiger partial charge >= 0.3 is 0 Å². The van der Waals surface area contributed by atoms with Crippen LogP contribution in [0.1, 0.15) is 0 Å². The standard InChI is InChI=1S/C6H12FN2O2S/c7-1-6-12(10,11)9-4-2-8-3-5-9/h1-6H2. The monoisotopic (exact) mass is 195 g/mol. The molecule has 1 radical (unpaired) electrons. The third-order valence-corrected chi connectivity index (χ3v) is 3.57. The number of halogens is 1. The van der Waals surface area contributed by atoms with E-state index in [1.165, 1.54) is 4.31 Å². The minimum atomic E-state index is -3.34. The average molecular weight is 195 g/mol. The second-order valence-corrected chi connectivity index (χ2v) is 4.66. The van der Waals surface area contributed by atoms with Crippen LogP contribution in [0.25, 0.3) is 0 Å². The smallest absolute Gasteiger partial charge is 0.216 e.